The summed E-state index contributed by atoms with van der Waals surface area (Å²) in [4.78, 5) is 19.4. The maximum atomic E-state index is 12.9. The number of aryl methyl sites for hydroxylation is 1. The Hall–Kier alpha value is -1.73. The summed E-state index contributed by atoms with van der Waals surface area (Å²) < 4.78 is 7.60. The standard InChI is InChI=1S/C16H20N4O2S/c1-19-9-11(8-17-19)15-18-12(10-23-15)16(21)20-6-7-22-14-5-3-2-4-13(14)20/h8-10,13-14H,2-7H2,1H3/t13-,14-/m0/s1. The number of aromatic nitrogens is 3. The SMILES string of the molecule is Cn1cc(-c2nc(C(=O)N3CCO[C@H]4CCCC[C@@H]43)cs2)cn1. The van der Waals surface area contributed by atoms with Crippen molar-refractivity contribution in [3.05, 3.63) is 23.5 Å². The van der Waals surface area contributed by atoms with Gasteiger partial charge < -0.3 is 9.64 Å². The van der Waals surface area contributed by atoms with Crippen molar-refractivity contribution in [2.75, 3.05) is 13.2 Å². The molecule has 6 nitrogen and oxygen atoms in total. The Morgan fingerprint density at radius 2 is 2.26 bits per heavy atom. The third-order valence-electron chi connectivity index (χ3n) is 4.67. The first-order chi connectivity index (χ1) is 11.2. The molecule has 3 heterocycles. The smallest absolute Gasteiger partial charge is 0.273 e. The minimum Gasteiger partial charge on any atom is -0.374 e. The predicted molar refractivity (Wildman–Crippen MR) is 87.3 cm³/mol. The number of carbonyl (C=O) groups is 1. The summed E-state index contributed by atoms with van der Waals surface area (Å²) in [5.41, 5.74) is 1.49. The summed E-state index contributed by atoms with van der Waals surface area (Å²) in [5, 5.41) is 6.86. The van der Waals surface area contributed by atoms with Gasteiger partial charge in [0.05, 0.1) is 24.9 Å². The van der Waals surface area contributed by atoms with Gasteiger partial charge in [-0.2, -0.15) is 5.10 Å². The lowest BCUT2D eigenvalue weighted by Crippen LogP contribution is -2.54. The molecule has 1 saturated carbocycles. The van der Waals surface area contributed by atoms with Gasteiger partial charge in [0.1, 0.15) is 10.7 Å². The molecule has 122 valence electrons. The highest BCUT2D eigenvalue weighted by molar-refractivity contribution is 7.13. The van der Waals surface area contributed by atoms with Crippen molar-refractivity contribution >= 4 is 17.2 Å². The molecule has 0 unspecified atom stereocenters. The fraction of sp³-hybridized carbons (Fsp3) is 0.562. The second-order valence-corrected chi connectivity index (χ2v) is 7.06. The summed E-state index contributed by atoms with van der Waals surface area (Å²) >= 11 is 1.49. The summed E-state index contributed by atoms with van der Waals surface area (Å²) in [6, 6.07) is 0.216. The van der Waals surface area contributed by atoms with Crippen LogP contribution in [0.4, 0.5) is 0 Å². The van der Waals surface area contributed by atoms with Crippen LogP contribution in [0.1, 0.15) is 36.2 Å². The van der Waals surface area contributed by atoms with E-state index in [1.165, 1.54) is 24.2 Å². The van der Waals surface area contributed by atoms with Crippen molar-refractivity contribution in [1.29, 1.82) is 0 Å². The number of rotatable bonds is 2. The Bertz CT molecular complexity index is 709. The molecule has 2 aliphatic rings. The van der Waals surface area contributed by atoms with Crippen LogP contribution >= 0.6 is 11.3 Å². The molecule has 0 spiro atoms. The number of carbonyl (C=O) groups excluding carboxylic acids is 1. The van der Waals surface area contributed by atoms with Gasteiger partial charge in [-0.05, 0) is 12.8 Å². The fourth-order valence-corrected chi connectivity index (χ4v) is 4.30. The second-order valence-electron chi connectivity index (χ2n) is 6.20. The fourth-order valence-electron chi connectivity index (χ4n) is 3.53. The largest absolute Gasteiger partial charge is 0.374 e. The summed E-state index contributed by atoms with van der Waals surface area (Å²) in [7, 11) is 1.88. The van der Waals surface area contributed by atoms with Crippen molar-refractivity contribution in [3.8, 4) is 10.6 Å². The molecule has 0 aromatic carbocycles. The molecule has 2 fully saturated rings. The van der Waals surface area contributed by atoms with Gasteiger partial charge in [-0.3, -0.25) is 9.48 Å². The molecule has 1 aliphatic heterocycles. The Morgan fingerprint density at radius 3 is 3.09 bits per heavy atom. The minimum atomic E-state index is 0.0385. The number of ether oxygens (including phenoxy) is 1. The van der Waals surface area contributed by atoms with Crippen LogP contribution in [0.15, 0.2) is 17.8 Å². The molecule has 1 saturated heterocycles. The first-order valence-corrected chi connectivity index (χ1v) is 8.97. The number of amides is 1. The third-order valence-corrected chi connectivity index (χ3v) is 5.56. The third kappa shape index (κ3) is 2.79. The van der Waals surface area contributed by atoms with Crippen LogP contribution in [0.3, 0.4) is 0 Å². The molecule has 1 aliphatic carbocycles. The van der Waals surface area contributed by atoms with E-state index in [0.29, 0.717) is 18.8 Å². The normalized spacial score (nSPS) is 24.5. The minimum absolute atomic E-state index is 0.0385. The van der Waals surface area contributed by atoms with Gasteiger partial charge >= 0.3 is 0 Å². The lowest BCUT2D eigenvalue weighted by Gasteiger charge is -2.43. The van der Waals surface area contributed by atoms with E-state index in [1.807, 2.05) is 23.5 Å². The first-order valence-electron chi connectivity index (χ1n) is 8.09. The van der Waals surface area contributed by atoms with E-state index in [4.69, 9.17) is 4.74 Å². The average molecular weight is 332 g/mol. The number of hydrogen-bond donors (Lipinski definition) is 0. The lowest BCUT2D eigenvalue weighted by molar-refractivity contribution is -0.0754. The van der Waals surface area contributed by atoms with E-state index >= 15 is 0 Å². The van der Waals surface area contributed by atoms with Crippen molar-refractivity contribution in [2.45, 2.75) is 37.8 Å². The van der Waals surface area contributed by atoms with E-state index in [0.717, 1.165) is 23.4 Å². The monoisotopic (exact) mass is 332 g/mol. The van der Waals surface area contributed by atoms with E-state index in [-0.39, 0.29) is 18.1 Å². The summed E-state index contributed by atoms with van der Waals surface area (Å²) in [5.74, 6) is 0.0385. The predicted octanol–water partition coefficient (Wildman–Crippen LogP) is 2.33. The number of nitrogens with zero attached hydrogens (tertiary/aromatic N) is 4. The number of hydrogen-bond acceptors (Lipinski definition) is 5. The Labute approximate surface area is 139 Å². The molecular formula is C16H20N4O2S. The number of fused-ring (bicyclic) bond motifs is 1. The summed E-state index contributed by atoms with van der Waals surface area (Å²) in [6.45, 7) is 1.30. The highest BCUT2D eigenvalue weighted by Crippen LogP contribution is 2.30. The zero-order valence-electron chi connectivity index (χ0n) is 13.1. The van der Waals surface area contributed by atoms with Crippen LogP contribution < -0.4 is 0 Å². The number of morpholine rings is 1. The Balaban J connectivity index is 1.55. The molecule has 1 amide bonds. The van der Waals surface area contributed by atoms with E-state index in [1.54, 1.807) is 10.9 Å². The average Bonchev–Trinajstić information content (AvgIpc) is 3.22. The lowest BCUT2D eigenvalue weighted by atomic mass is 9.90. The topological polar surface area (TPSA) is 60.2 Å². The van der Waals surface area contributed by atoms with Gasteiger partial charge in [-0.1, -0.05) is 12.8 Å². The van der Waals surface area contributed by atoms with Crippen LogP contribution in [0.2, 0.25) is 0 Å². The molecule has 2 atom stereocenters. The molecule has 0 bridgehead atoms. The highest BCUT2D eigenvalue weighted by atomic mass is 32.1. The molecule has 7 heteroatoms. The maximum absolute atomic E-state index is 12.9. The van der Waals surface area contributed by atoms with Crippen LogP contribution in [0.25, 0.3) is 10.6 Å². The van der Waals surface area contributed by atoms with Crippen LogP contribution in [0, 0.1) is 0 Å². The van der Waals surface area contributed by atoms with Crippen molar-refractivity contribution in [2.24, 2.45) is 7.05 Å². The summed E-state index contributed by atoms with van der Waals surface area (Å²) in [6.07, 6.45) is 8.37. The van der Waals surface area contributed by atoms with Crippen LogP contribution in [-0.4, -0.2) is 50.9 Å². The Morgan fingerprint density at radius 1 is 1.39 bits per heavy atom. The van der Waals surface area contributed by atoms with Gasteiger partial charge in [0.15, 0.2) is 0 Å². The van der Waals surface area contributed by atoms with E-state index in [9.17, 15) is 4.79 Å². The number of thiazole rings is 1. The molecule has 0 radical (unpaired) electrons. The van der Waals surface area contributed by atoms with Crippen molar-refractivity contribution in [3.63, 3.8) is 0 Å². The quantitative estimate of drug-likeness (QED) is 0.847. The maximum Gasteiger partial charge on any atom is 0.273 e. The highest BCUT2D eigenvalue weighted by Gasteiger charge is 2.37. The van der Waals surface area contributed by atoms with Crippen LogP contribution in [0.5, 0.6) is 0 Å². The molecule has 23 heavy (non-hydrogen) atoms. The van der Waals surface area contributed by atoms with Gasteiger partial charge in [0.25, 0.3) is 5.91 Å². The zero-order chi connectivity index (χ0) is 15.8. The van der Waals surface area contributed by atoms with Gasteiger partial charge in [-0.25, -0.2) is 4.98 Å². The molecule has 4 rings (SSSR count). The van der Waals surface area contributed by atoms with Crippen LogP contribution in [-0.2, 0) is 11.8 Å². The second kappa shape index (κ2) is 6.05. The molecule has 2 aromatic rings. The van der Waals surface area contributed by atoms with Gasteiger partial charge in [-0.15, -0.1) is 11.3 Å². The van der Waals surface area contributed by atoms with E-state index < -0.39 is 0 Å². The molecular weight excluding hydrogens is 312 g/mol. The molecule has 0 N–H and O–H groups in total. The van der Waals surface area contributed by atoms with Gasteiger partial charge in [0, 0.05) is 30.7 Å². The van der Waals surface area contributed by atoms with E-state index in [2.05, 4.69) is 10.1 Å². The zero-order valence-corrected chi connectivity index (χ0v) is 14.0. The van der Waals surface area contributed by atoms with Crippen molar-refractivity contribution in [1.82, 2.24) is 19.7 Å². The first kappa shape index (κ1) is 14.8. The Kier molecular flexibility index (Phi) is 3.90. The molecule has 2 aromatic heterocycles. The van der Waals surface area contributed by atoms with Crippen molar-refractivity contribution < 1.29 is 9.53 Å². The van der Waals surface area contributed by atoms with Gasteiger partial charge in [0.2, 0.25) is 0 Å².